The van der Waals surface area contributed by atoms with E-state index in [1.165, 1.54) is 70.6 Å². The van der Waals surface area contributed by atoms with Gasteiger partial charge < -0.3 is 15.2 Å². The van der Waals surface area contributed by atoms with Crippen molar-refractivity contribution in [1.82, 2.24) is 5.32 Å². The highest BCUT2D eigenvalue weighted by Gasteiger charge is 2.00. The number of rotatable bonds is 20. The van der Waals surface area contributed by atoms with E-state index >= 15 is 0 Å². The molecule has 0 fully saturated rings. The minimum atomic E-state index is 0.0306. The third kappa shape index (κ3) is 21.2. The average molecular weight is 370 g/mol. The Kier molecular flexibility index (Phi) is 21.4. The summed E-state index contributed by atoms with van der Waals surface area (Å²) in [6, 6.07) is 0. The van der Waals surface area contributed by atoms with E-state index in [-0.39, 0.29) is 12.5 Å². The lowest BCUT2D eigenvalue weighted by Crippen LogP contribution is -2.27. The van der Waals surface area contributed by atoms with Gasteiger partial charge in [0.25, 0.3) is 0 Å². The second-order valence-corrected chi connectivity index (χ2v) is 7.02. The Morgan fingerprint density at radius 3 is 2.04 bits per heavy atom. The standard InChI is InChI=1S/C22H43NO3/c1-2-3-4-5-6-7-8-9-10-11-12-13-14-15-16-17-22(25)23-18-20-26-21-19-24/h9-10,24H,2-8,11-21H2,1H3,(H,23,25)/b10-9-. The van der Waals surface area contributed by atoms with Crippen LogP contribution in [-0.2, 0) is 9.53 Å². The van der Waals surface area contributed by atoms with Crippen molar-refractivity contribution in [2.45, 2.75) is 96.8 Å². The predicted octanol–water partition coefficient (Wildman–Crippen LogP) is 5.15. The minimum Gasteiger partial charge on any atom is -0.394 e. The van der Waals surface area contributed by atoms with Crippen molar-refractivity contribution in [3.8, 4) is 0 Å². The monoisotopic (exact) mass is 369 g/mol. The molecule has 4 nitrogen and oxygen atoms in total. The molecule has 0 bridgehead atoms. The quantitative estimate of drug-likeness (QED) is 0.230. The number of ether oxygens (including phenoxy) is 1. The molecule has 0 saturated heterocycles. The molecule has 0 aliphatic carbocycles. The van der Waals surface area contributed by atoms with Crippen molar-refractivity contribution >= 4 is 5.91 Å². The van der Waals surface area contributed by atoms with E-state index in [0.717, 1.165) is 12.8 Å². The molecule has 0 saturated carbocycles. The fourth-order valence-corrected chi connectivity index (χ4v) is 2.87. The molecule has 0 unspecified atom stereocenters. The van der Waals surface area contributed by atoms with Crippen molar-refractivity contribution < 1.29 is 14.6 Å². The summed E-state index contributed by atoms with van der Waals surface area (Å²) in [5, 5.41) is 11.4. The molecule has 154 valence electrons. The minimum absolute atomic E-state index is 0.0306. The van der Waals surface area contributed by atoms with E-state index in [9.17, 15) is 4.79 Å². The molecule has 0 radical (unpaired) electrons. The number of aliphatic hydroxyl groups is 1. The molecular formula is C22H43NO3. The normalized spacial score (nSPS) is 11.3. The van der Waals surface area contributed by atoms with Gasteiger partial charge in [0.2, 0.25) is 5.91 Å². The molecule has 4 heteroatoms. The molecule has 0 rings (SSSR count). The molecule has 0 spiro atoms. The van der Waals surface area contributed by atoms with Gasteiger partial charge in [-0.1, -0.05) is 70.4 Å². The summed E-state index contributed by atoms with van der Waals surface area (Å²) in [5.74, 6) is 0.107. The summed E-state index contributed by atoms with van der Waals surface area (Å²) >= 11 is 0. The van der Waals surface area contributed by atoms with Crippen molar-refractivity contribution in [2.24, 2.45) is 0 Å². The van der Waals surface area contributed by atoms with Crippen molar-refractivity contribution in [1.29, 1.82) is 0 Å². The Bertz CT molecular complexity index is 319. The summed E-state index contributed by atoms with van der Waals surface area (Å²) < 4.78 is 5.09. The number of unbranched alkanes of at least 4 members (excludes halogenated alkanes) is 11. The van der Waals surface area contributed by atoms with Crippen LogP contribution in [0, 0.1) is 0 Å². The lowest BCUT2D eigenvalue weighted by atomic mass is 10.1. The van der Waals surface area contributed by atoms with Crippen LogP contribution >= 0.6 is 0 Å². The molecule has 0 atom stereocenters. The van der Waals surface area contributed by atoms with Crippen molar-refractivity contribution in [3.63, 3.8) is 0 Å². The van der Waals surface area contributed by atoms with Gasteiger partial charge in [0, 0.05) is 13.0 Å². The zero-order valence-corrected chi connectivity index (χ0v) is 17.1. The van der Waals surface area contributed by atoms with Gasteiger partial charge in [-0.05, 0) is 32.1 Å². The topological polar surface area (TPSA) is 58.6 Å². The van der Waals surface area contributed by atoms with E-state index in [4.69, 9.17) is 9.84 Å². The predicted molar refractivity (Wildman–Crippen MR) is 110 cm³/mol. The Balaban J connectivity index is 3.18. The van der Waals surface area contributed by atoms with Gasteiger partial charge in [0.1, 0.15) is 0 Å². The van der Waals surface area contributed by atoms with Crippen molar-refractivity contribution in [2.75, 3.05) is 26.4 Å². The molecule has 0 heterocycles. The number of nitrogens with one attached hydrogen (secondary N) is 1. The molecular weight excluding hydrogens is 326 g/mol. The zero-order chi connectivity index (χ0) is 19.1. The first-order valence-electron chi connectivity index (χ1n) is 10.9. The molecule has 26 heavy (non-hydrogen) atoms. The molecule has 0 aromatic carbocycles. The fraction of sp³-hybridized carbons (Fsp3) is 0.864. The number of amides is 1. The van der Waals surface area contributed by atoms with Gasteiger partial charge >= 0.3 is 0 Å². The first kappa shape index (κ1) is 25.1. The van der Waals surface area contributed by atoms with Crippen LogP contribution in [0.4, 0.5) is 0 Å². The van der Waals surface area contributed by atoms with Gasteiger partial charge in [0.15, 0.2) is 0 Å². The Hall–Kier alpha value is -0.870. The highest BCUT2D eigenvalue weighted by molar-refractivity contribution is 5.75. The zero-order valence-electron chi connectivity index (χ0n) is 17.1. The third-order valence-electron chi connectivity index (χ3n) is 4.47. The lowest BCUT2D eigenvalue weighted by Gasteiger charge is -2.05. The SMILES string of the molecule is CCCCCCCC/C=C\CCCCCCCC(=O)NCCOCCO. The maximum atomic E-state index is 11.6. The summed E-state index contributed by atoms with van der Waals surface area (Å²) in [6.07, 6.45) is 21.9. The number of aliphatic hydroxyl groups excluding tert-OH is 1. The van der Waals surface area contributed by atoms with Gasteiger partial charge in [-0.3, -0.25) is 4.79 Å². The summed E-state index contributed by atoms with van der Waals surface area (Å²) in [6.45, 7) is 3.63. The Morgan fingerprint density at radius 1 is 0.846 bits per heavy atom. The molecule has 1 amide bonds. The average Bonchev–Trinajstić information content (AvgIpc) is 2.64. The van der Waals surface area contributed by atoms with Crippen LogP contribution in [-0.4, -0.2) is 37.4 Å². The van der Waals surface area contributed by atoms with Crippen LogP contribution in [0.1, 0.15) is 96.8 Å². The third-order valence-corrected chi connectivity index (χ3v) is 4.47. The second kappa shape index (κ2) is 22.2. The Labute approximate surface area is 161 Å². The van der Waals surface area contributed by atoms with Gasteiger partial charge in [-0.2, -0.15) is 0 Å². The number of hydrogen-bond acceptors (Lipinski definition) is 3. The van der Waals surface area contributed by atoms with Crippen LogP contribution in [0.3, 0.4) is 0 Å². The lowest BCUT2D eigenvalue weighted by molar-refractivity contribution is -0.121. The highest BCUT2D eigenvalue weighted by Crippen LogP contribution is 2.09. The maximum absolute atomic E-state index is 11.6. The molecule has 0 aromatic rings. The number of hydrogen-bond donors (Lipinski definition) is 2. The van der Waals surface area contributed by atoms with Crippen LogP contribution < -0.4 is 5.32 Å². The van der Waals surface area contributed by atoms with Crippen LogP contribution in [0.5, 0.6) is 0 Å². The summed E-state index contributed by atoms with van der Waals surface area (Å²) in [7, 11) is 0. The first-order chi connectivity index (χ1) is 12.8. The van der Waals surface area contributed by atoms with E-state index in [2.05, 4.69) is 24.4 Å². The smallest absolute Gasteiger partial charge is 0.220 e. The van der Waals surface area contributed by atoms with Crippen LogP contribution in [0.2, 0.25) is 0 Å². The van der Waals surface area contributed by atoms with Gasteiger partial charge in [-0.25, -0.2) is 0 Å². The summed E-state index contributed by atoms with van der Waals surface area (Å²) in [5.41, 5.74) is 0. The molecule has 0 aromatic heterocycles. The van der Waals surface area contributed by atoms with Gasteiger partial charge in [-0.15, -0.1) is 0 Å². The number of allylic oxidation sites excluding steroid dienone is 2. The van der Waals surface area contributed by atoms with E-state index in [1.807, 2.05) is 0 Å². The molecule has 0 aliphatic rings. The second-order valence-electron chi connectivity index (χ2n) is 7.02. The number of carbonyl (C=O) groups excluding carboxylic acids is 1. The molecule has 2 N–H and O–H groups in total. The Morgan fingerprint density at radius 2 is 1.42 bits per heavy atom. The van der Waals surface area contributed by atoms with Crippen LogP contribution in [0.25, 0.3) is 0 Å². The fourth-order valence-electron chi connectivity index (χ4n) is 2.87. The van der Waals surface area contributed by atoms with Crippen LogP contribution in [0.15, 0.2) is 12.2 Å². The summed E-state index contributed by atoms with van der Waals surface area (Å²) in [4.78, 5) is 11.6. The van der Waals surface area contributed by atoms with Crippen molar-refractivity contribution in [3.05, 3.63) is 12.2 Å². The van der Waals surface area contributed by atoms with E-state index < -0.39 is 0 Å². The molecule has 0 aliphatic heterocycles. The van der Waals surface area contributed by atoms with E-state index in [1.54, 1.807) is 0 Å². The first-order valence-corrected chi connectivity index (χ1v) is 10.9. The highest BCUT2D eigenvalue weighted by atomic mass is 16.5. The van der Waals surface area contributed by atoms with Gasteiger partial charge in [0.05, 0.1) is 19.8 Å². The van der Waals surface area contributed by atoms with E-state index in [0.29, 0.717) is 26.2 Å². The maximum Gasteiger partial charge on any atom is 0.220 e. The largest absolute Gasteiger partial charge is 0.394 e. The number of carbonyl (C=O) groups is 1.